The van der Waals surface area contributed by atoms with Gasteiger partial charge in [0.2, 0.25) is 0 Å². The first-order valence-electron chi connectivity index (χ1n) is 5.38. The van der Waals surface area contributed by atoms with Crippen LogP contribution in [0.5, 0.6) is 5.75 Å². The monoisotopic (exact) mass is 241 g/mol. The molecular weight excluding hydrogens is 225 g/mol. The molecule has 0 spiro atoms. The molecule has 0 bridgehead atoms. The molecular formula is C12H16FNO3. The molecule has 0 aliphatic rings. The van der Waals surface area contributed by atoms with Gasteiger partial charge in [0, 0.05) is 17.7 Å². The summed E-state index contributed by atoms with van der Waals surface area (Å²) in [5, 5.41) is 0. The summed E-state index contributed by atoms with van der Waals surface area (Å²) in [5.41, 5.74) is 5.98. The largest absolute Gasteiger partial charge is 0.482 e. The van der Waals surface area contributed by atoms with Gasteiger partial charge in [-0.15, -0.1) is 0 Å². The maximum atomic E-state index is 13.5. The summed E-state index contributed by atoms with van der Waals surface area (Å²) in [4.78, 5) is 11.0. The molecule has 1 aromatic carbocycles. The summed E-state index contributed by atoms with van der Waals surface area (Å²) in [6.07, 6.45) is 0. The molecule has 0 unspecified atom stereocenters. The highest BCUT2D eigenvalue weighted by atomic mass is 19.1. The van der Waals surface area contributed by atoms with Gasteiger partial charge in [0.25, 0.3) is 0 Å². The van der Waals surface area contributed by atoms with Crippen molar-refractivity contribution >= 4 is 5.97 Å². The Labute approximate surface area is 99.5 Å². The first-order chi connectivity index (χ1) is 8.04. The SMILES string of the molecule is CCOC(=O)COc1ccc([C@H](C)N)c(F)c1. The molecule has 0 saturated heterocycles. The van der Waals surface area contributed by atoms with Crippen molar-refractivity contribution in [1.29, 1.82) is 0 Å². The summed E-state index contributed by atoms with van der Waals surface area (Å²) in [5.74, 6) is -0.648. The molecule has 0 aliphatic heterocycles. The van der Waals surface area contributed by atoms with E-state index >= 15 is 0 Å². The van der Waals surface area contributed by atoms with Crippen LogP contribution in [0.1, 0.15) is 25.5 Å². The number of hydrogen-bond donors (Lipinski definition) is 1. The van der Waals surface area contributed by atoms with Crippen molar-refractivity contribution < 1.29 is 18.7 Å². The number of rotatable bonds is 5. The maximum absolute atomic E-state index is 13.5. The van der Waals surface area contributed by atoms with E-state index in [9.17, 15) is 9.18 Å². The zero-order chi connectivity index (χ0) is 12.8. The second-order valence-corrected chi connectivity index (χ2v) is 3.57. The number of nitrogens with two attached hydrogens (primary N) is 1. The Balaban J connectivity index is 2.62. The summed E-state index contributed by atoms with van der Waals surface area (Å²) in [7, 11) is 0. The van der Waals surface area contributed by atoms with E-state index in [1.807, 2.05) is 0 Å². The Bertz CT molecular complexity index is 393. The van der Waals surface area contributed by atoms with Crippen molar-refractivity contribution in [2.45, 2.75) is 19.9 Å². The predicted molar refractivity (Wildman–Crippen MR) is 61.1 cm³/mol. The van der Waals surface area contributed by atoms with E-state index in [1.165, 1.54) is 6.07 Å². The van der Waals surface area contributed by atoms with Crippen LogP contribution < -0.4 is 10.5 Å². The number of carbonyl (C=O) groups excluding carboxylic acids is 1. The lowest BCUT2D eigenvalue weighted by Gasteiger charge is -2.10. The lowest BCUT2D eigenvalue weighted by atomic mass is 10.1. The molecule has 17 heavy (non-hydrogen) atoms. The van der Waals surface area contributed by atoms with Gasteiger partial charge in [-0.2, -0.15) is 0 Å². The molecule has 1 atom stereocenters. The van der Waals surface area contributed by atoms with Crippen LogP contribution in [-0.4, -0.2) is 19.2 Å². The van der Waals surface area contributed by atoms with Crippen molar-refractivity contribution in [2.75, 3.05) is 13.2 Å². The number of hydrogen-bond acceptors (Lipinski definition) is 4. The molecule has 4 nitrogen and oxygen atoms in total. The molecule has 0 saturated carbocycles. The Morgan fingerprint density at radius 3 is 2.76 bits per heavy atom. The Hall–Kier alpha value is -1.62. The molecule has 0 aliphatic carbocycles. The number of halogens is 1. The predicted octanol–water partition coefficient (Wildman–Crippen LogP) is 1.79. The van der Waals surface area contributed by atoms with Crippen LogP contribution in [0.25, 0.3) is 0 Å². The molecule has 0 amide bonds. The molecule has 2 N–H and O–H groups in total. The minimum absolute atomic E-state index is 0.231. The van der Waals surface area contributed by atoms with Gasteiger partial charge in [-0.3, -0.25) is 0 Å². The summed E-state index contributed by atoms with van der Waals surface area (Å²) < 4.78 is 23.3. The normalized spacial score (nSPS) is 12.0. The second kappa shape index (κ2) is 6.20. The number of ether oxygens (including phenoxy) is 2. The highest BCUT2D eigenvalue weighted by Crippen LogP contribution is 2.20. The molecule has 1 aromatic rings. The van der Waals surface area contributed by atoms with Crippen molar-refractivity contribution in [3.05, 3.63) is 29.6 Å². The third-order valence-corrected chi connectivity index (χ3v) is 2.12. The van der Waals surface area contributed by atoms with Crippen molar-refractivity contribution in [3.63, 3.8) is 0 Å². The van der Waals surface area contributed by atoms with Gasteiger partial charge >= 0.3 is 5.97 Å². The van der Waals surface area contributed by atoms with Gasteiger partial charge < -0.3 is 15.2 Å². The maximum Gasteiger partial charge on any atom is 0.344 e. The smallest absolute Gasteiger partial charge is 0.344 e. The van der Waals surface area contributed by atoms with Crippen LogP contribution in [0, 0.1) is 5.82 Å². The van der Waals surface area contributed by atoms with Crippen LogP contribution in [0.3, 0.4) is 0 Å². The van der Waals surface area contributed by atoms with Gasteiger partial charge in [-0.25, -0.2) is 9.18 Å². The van der Waals surface area contributed by atoms with E-state index in [-0.39, 0.29) is 18.4 Å². The Kier molecular flexibility index (Phi) is 4.90. The Morgan fingerprint density at radius 1 is 1.53 bits per heavy atom. The number of esters is 1. The van der Waals surface area contributed by atoms with Crippen LogP contribution in [0.4, 0.5) is 4.39 Å². The summed E-state index contributed by atoms with van der Waals surface area (Å²) in [6, 6.07) is 3.94. The van der Waals surface area contributed by atoms with E-state index in [0.29, 0.717) is 12.2 Å². The average Bonchev–Trinajstić information content (AvgIpc) is 2.26. The lowest BCUT2D eigenvalue weighted by molar-refractivity contribution is -0.145. The van der Waals surface area contributed by atoms with E-state index in [2.05, 4.69) is 4.74 Å². The number of carbonyl (C=O) groups is 1. The van der Waals surface area contributed by atoms with Crippen molar-refractivity contribution in [3.8, 4) is 5.75 Å². The van der Waals surface area contributed by atoms with E-state index in [4.69, 9.17) is 10.5 Å². The fraction of sp³-hybridized carbons (Fsp3) is 0.417. The Morgan fingerprint density at radius 2 is 2.24 bits per heavy atom. The summed E-state index contributed by atoms with van der Waals surface area (Å²) in [6.45, 7) is 3.46. The standard InChI is InChI=1S/C12H16FNO3/c1-3-16-12(15)7-17-9-4-5-10(8(2)14)11(13)6-9/h4-6,8H,3,7,14H2,1-2H3/t8-/m0/s1. The molecule has 0 radical (unpaired) electrons. The fourth-order valence-corrected chi connectivity index (χ4v) is 1.31. The van der Waals surface area contributed by atoms with Crippen LogP contribution in [0.15, 0.2) is 18.2 Å². The van der Waals surface area contributed by atoms with Crippen LogP contribution >= 0.6 is 0 Å². The lowest BCUT2D eigenvalue weighted by Crippen LogP contribution is -2.15. The zero-order valence-electron chi connectivity index (χ0n) is 9.90. The van der Waals surface area contributed by atoms with E-state index in [0.717, 1.165) is 0 Å². The van der Waals surface area contributed by atoms with E-state index in [1.54, 1.807) is 26.0 Å². The molecule has 0 fully saturated rings. The van der Waals surface area contributed by atoms with Gasteiger partial charge in [0.05, 0.1) is 6.61 Å². The van der Waals surface area contributed by atoms with Crippen LogP contribution in [0.2, 0.25) is 0 Å². The molecule has 5 heteroatoms. The molecule has 0 aromatic heterocycles. The third-order valence-electron chi connectivity index (χ3n) is 2.12. The van der Waals surface area contributed by atoms with Crippen LogP contribution in [-0.2, 0) is 9.53 Å². The van der Waals surface area contributed by atoms with Gasteiger partial charge in [-0.05, 0) is 19.9 Å². The van der Waals surface area contributed by atoms with Crippen molar-refractivity contribution in [2.24, 2.45) is 5.73 Å². The third kappa shape index (κ3) is 4.03. The zero-order valence-corrected chi connectivity index (χ0v) is 9.90. The molecule has 94 valence electrons. The van der Waals surface area contributed by atoms with E-state index < -0.39 is 11.8 Å². The highest BCUT2D eigenvalue weighted by molar-refractivity contribution is 5.71. The first-order valence-corrected chi connectivity index (χ1v) is 5.38. The highest BCUT2D eigenvalue weighted by Gasteiger charge is 2.09. The second-order valence-electron chi connectivity index (χ2n) is 3.57. The number of benzene rings is 1. The minimum atomic E-state index is -0.482. The topological polar surface area (TPSA) is 61.5 Å². The quantitative estimate of drug-likeness (QED) is 0.798. The fourth-order valence-electron chi connectivity index (χ4n) is 1.31. The molecule has 1 rings (SSSR count). The van der Waals surface area contributed by atoms with Gasteiger partial charge in [0.1, 0.15) is 11.6 Å². The van der Waals surface area contributed by atoms with Gasteiger partial charge in [-0.1, -0.05) is 6.07 Å². The average molecular weight is 241 g/mol. The minimum Gasteiger partial charge on any atom is -0.482 e. The summed E-state index contributed by atoms with van der Waals surface area (Å²) >= 11 is 0. The molecule has 0 heterocycles. The first kappa shape index (κ1) is 13.4. The van der Waals surface area contributed by atoms with Gasteiger partial charge in [0.15, 0.2) is 6.61 Å². The van der Waals surface area contributed by atoms with Crippen molar-refractivity contribution in [1.82, 2.24) is 0 Å².